The van der Waals surface area contributed by atoms with Gasteiger partial charge in [-0.25, -0.2) is 9.48 Å². The van der Waals surface area contributed by atoms with Crippen LogP contribution >= 0.6 is 0 Å². The highest BCUT2D eigenvalue weighted by Crippen LogP contribution is 2.29. The first-order valence-electron chi connectivity index (χ1n) is 11.4. The molecule has 0 unspecified atom stereocenters. The van der Waals surface area contributed by atoms with Crippen LogP contribution in [0, 0.1) is 0 Å². The van der Waals surface area contributed by atoms with E-state index in [9.17, 15) is 19.5 Å². The van der Waals surface area contributed by atoms with E-state index < -0.39 is 11.5 Å². The van der Waals surface area contributed by atoms with Crippen LogP contribution in [0.1, 0.15) is 39.6 Å². The number of ketones is 1. The van der Waals surface area contributed by atoms with Crippen molar-refractivity contribution < 1.29 is 14.7 Å². The molecule has 0 saturated carbocycles. The van der Waals surface area contributed by atoms with Crippen molar-refractivity contribution in [1.29, 1.82) is 0 Å². The first-order chi connectivity index (χ1) is 17.0. The van der Waals surface area contributed by atoms with Gasteiger partial charge in [0.15, 0.2) is 5.78 Å². The fourth-order valence-corrected chi connectivity index (χ4v) is 3.84. The fourth-order valence-electron chi connectivity index (χ4n) is 3.84. The number of carbonyl (C=O) groups excluding carboxylic acids is 1. The van der Waals surface area contributed by atoms with Crippen molar-refractivity contribution in [2.45, 2.75) is 26.3 Å². The number of aromatic carboxylic acids is 1. The van der Waals surface area contributed by atoms with E-state index >= 15 is 0 Å². The number of aryl methyl sites for hydroxylation is 2. The van der Waals surface area contributed by atoms with Gasteiger partial charge in [-0.15, -0.1) is 0 Å². The third-order valence-electron chi connectivity index (χ3n) is 5.67. The van der Waals surface area contributed by atoms with Gasteiger partial charge < -0.3 is 10.4 Å². The Morgan fingerprint density at radius 2 is 1.54 bits per heavy atom. The lowest BCUT2D eigenvalue weighted by molar-refractivity contribution is 0.0696. The molecular formula is C28H25N3O4. The molecule has 2 N–H and O–H groups in total. The van der Waals surface area contributed by atoms with Gasteiger partial charge in [-0.1, -0.05) is 60.7 Å². The summed E-state index contributed by atoms with van der Waals surface area (Å²) in [5.41, 5.74) is 2.73. The average Bonchev–Trinajstić information content (AvgIpc) is 2.89. The monoisotopic (exact) mass is 467 g/mol. The van der Waals surface area contributed by atoms with E-state index in [0.717, 1.165) is 11.1 Å². The summed E-state index contributed by atoms with van der Waals surface area (Å²) in [5.74, 6) is -1.25. The lowest BCUT2D eigenvalue weighted by Gasteiger charge is -2.17. The third-order valence-corrected chi connectivity index (χ3v) is 5.67. The molecule has 7 heteroatoms. The molecule has 35 heavy (non-hydrogen) atoms. The second-order valence-electron chi connectivity index (χ2n) is 8.00. The molecule has 0 atom stereocenters. The highest BCUT2D eigenvalue weighted by Gasteiger charge is 2.24. The van der Waals surface area contributed by atoms with Gasteiger partial charge in [-0.05, 0) is 43.2 Å². The van der Waals surface area contributed by atoms with Gasteiger partial charge >= 0.3 is 5.97 Å². The van der Waals surface area contributed by atoms with Gasteiger partial charge in [-0.2, -0.15) is 5.10 Å². The van der Waals surface area contributed by atoms with Crippen molar-refractivity contribution in [3.05, 3.63) is 112 Å². The van der Waals surface area contributed by atoms with Crippen molar-refractivity contribution in [2.24, 2.45) is 0 Å². The Labute approximate surface area is 202 Å². The largest absolute Gasteiger partial charge is 0.478 e. The second-order valence-corrected chi connectivity index (χ2v) is 8.00. The summed E-state index contributed by atoms with van der Waals surface area (Å²) in [7, 11) is 0. The molecule has 7 nitrogen and oxygen atoms in total. The molecule has 0 saturated heterocycles. The van der Waals surface area contributed by atoms with Crippen LogP contribution in [0.15, 0.2) is 89.7 Å². The number of hydrogen-bond acceptors (Lipinski definition) is 5. The van der Waals surface area contributed by atoms with Crippen LogP contribution in [0.25, 0.3) is 11.3 Å². The number of Topliss-reactive ketones (excluding diaryl/α,β-unsaturated/α-hetero) is 1. The minimum absolute atomic E-state index is 0.125. The smallest absolute Gasteiger partial charge is 0.335 e. The number of benzene rings is 3. The van der Waals surface area contributed by atoms with Crippen LogP contribution in [0.2, 0.25) is 0 Å². The first kappa shape index (κ1) is 23.6. The topological polar surface area (TPSA) is 101 Å². The number of carbonyl (C=O) groups is 2. The van der Waals surface area contributed by atoms with Crippen LogP contribution in [0.5, 0.6) is 0 Å². The lowest BCUT2D eigenvalue weighted by atomic mass is 9.97. The Morgan fingerprint density at radius 3 is 2.14 bits per heavy atom. The zero-order chi connectivity index (χ0) is 24.8. The molecule has 0 fully saturated rings. The molecular weight excluding hydrogens is 442 g/mol. The first-order valence-corrected chi connectivity index (χ1v) is 11.4. The maximum absolute atomic E-state index is 13.6. The van der Waals surface area contributed by atoms with Crippen molar-refractivity contribution in [1.82, 2.24) is 9.78 Å². The van der Waals surface area contributed by atoms with E-state index in [4.69, 9.17) is 0 Å². The van der Waals surface area contributed by atoms with Gasteiger partial charge in [-0.3, -0.25) is 9.59 Å². The number of nitrogens with zero attached hydrogens (tertiary/aromatic N) is 2. The Bertz CT molecular complexity index is 1400. The van der Waals surface area contributed by atoms with Gasteiger partial charge in [0.1, 0.15) is 11.4 Å². The molecule has 4 rings (SSSR count). The third kappa shape index (κ3) is 5.35. The number of anilines is 2. The van der Waals surface area contributed by atoms with Crippen LogP contribution in [-0.2, 0) is 13.0 Å². The highest BCUT2D eigenvalue weighted by molar-refractivity contribution is 6.06. The number of rotatable bonds is 9. The molecule has 0 aliphatic carbocycles. The molecule has 0 radical (unpaired) electrons. The van der Waals surface area contributed by atoms with E-state index in [1.165, 1.54) is 16.8 Å². The van der Waals surface area contributed by atoms with E-state index in [1.54, 1.807) is 12.1 Å². The van der Waals surface area contributed by atoms with Crippen molar-refractivity contribution in [3.63, 3.8) is 0 Å². The maximum atomic E-state index is 13.6. The number of hydrogen-bond donors (Lipinski definition) is 2. The molecule has 0 spiro atoms. The second kappa shape index (κ2) is 10.6. The predicted molar refractivity (Wildman–Crippen MR) is 135 cm³/mol. The van der Waals surface area contributed by atoms with Crippen molar-refractivity contribution in [2.75, 3.05) is 5.32 Å². The molecule has 0 aliphatic heterocycles. The van der Waals surface area contributed by atoms with Gasteiger partial charge in [0.2, 0.25) is 0 Å². The SMILES string of the molecule is CCn1nc(-c2ccccc2)c(C(=O)CCc2ccccc2)c(Nc2ccc(C(=O)O)cc2)c1=O. The standard InChI is InChI=1S/C28H25N3O4/c1-2-31-27(33)26(29-22-16-14-21(15-17-22)28(34)35)24(25(30-31)20-11-7-4-8-12-20)23(32)18-13-19-9-5-3-6-10-19/h3-12,14-17,29H,2,13,18H2,1H3,(H,34,35). The minimum atomic E-state index is -1.04. The van der Waals surface area contributed by atoms with Crippen LogP contribution < -0.4 is 10.9 Å². The summed E-state index contributed by atoms with van der Waals surface area (Å²) in [6, 6.07) is 25.0. The summed E-state index contributed by atoms with van der Waals surface area (Å²) in [4.78, 5) is 38.2. The number of carboxylic acid groups (broad SMARTS) is 1. The van der Waals surface area contributed by atoms with Crippen molar-refractivity contribution >= 4 is 23.1 Å². The fraction of sp³-hybridized carbons (Fsp3) is 0.143. The summed E-state index contributed by atoms with van der Waals surface area (Å²) < 4.78 is 1.32. The summed E-state index contributed by atoms with van der Waals surface area (Å²) in [6.45, 7) is 2.13. The summed E-state index contributed by atoms with van der Waals surface area (Å²) in [6.07, 6.45) is 0.727. The highest BCUT2D eigenvalue weighted by atomic mass is 16.4. The van der Waals surface area contributed by atoms with E-state index in [0.29, 0.717) is 24.3 Å². The molecule has 3 aromatic carbocycles. The number of carboxylic acids is 1. The number of nitrogens with one attached hydrogen (secondary N) is 1. The number of aromatic nitrogens is 2. The Hall–Kier alpha value is -4.52. The Morgan fingerprint density at radius 1 is 0.914 bits per heavy atom. The molecule has 0 amide bonds. The summed E-state index contributed by atoms with van der Waals surface area (Å²) in [5, 5.41) is 16.8. The molecule has 4 aromatic rings. The molecule has 1 aromatic heterocycles. The normalized spacial score (nSPS) is 10.7. The molecule has 0 aliphatic rings. The molecule has 1 heterocycles. The minimum Gasteiger partial charge on any atom is -0.478 e. The molecule has 0 bridgehead atoms. The van der Waals surface area contributed by atoms with Gasteiger partial charge in [0.05, 0.1) is 11.1 Å². The Kier molecular flexibility index (Phi) is 7.16. The summed E-state index contributed by atoms with van der Waals surface area (Å²) >= 11 is 0. The van der Waals surface area contributed by atoms with Gasteiger partial charge in [0, 0.05) is 24.2 Å². The maximum Gasteiger partial charge on any atom is 0.335 e. The van der Waals surface area contributed by atoms with E-state index in [-0.39, 0.29) is 29.0 Å². The van der Waals surface area contributed by atoms with Crippen LogP contribution in [0.3, 0.4) is 0 Å². The Balaban J connectivity index is 1.82. The quantitative estimate of drug-likeness (QED) is 0.329. The van der Waals surface area contributed by atoms with Crippen LogP contribution in [-0.4, -0.2) is 26.6 Å². The zero-order valence-electron chi connectivity index (χ0n) is 19.3. The zero-order valence-corrected chi connectivity index (χ0v) is 19.3. The van der Waals surface area contributed by atoms with Gasteiger partial charge in [0.25, 0.3) is 5.56 Å². The van der Waals surface area contributed by atoms with Crippen LogP contribution in [0.4, 0.5) is 11.4 Å². The van der Waals surface area contributed by atoms with E-state index in [2.05, 4.69) is 10.4 Å². The average molecular weight is 468 g/mol. The van der Waals surface area contributed by atoms with Crippen molar-refractivity contribution in [3.8, 4) is 11.3 Å². The molecule has 176 valence electrons. The van der Waals surface area contributed by atoms with E-state index in [1.807, 2.05) is 67.6 Å². The lowest BCUT2D eigenvalue weighted by Crippen LogP contribution is -2.28. The predicted octanol–water partition coefficient (Wildman–Crippen LogP) is 5.19.